The van der Waals surface area contributed by atoms with Crippen LogP contribution in [0.1, 0.15) is 28.7 Å². The van der Waals surface area contributed by atoms with Crippen LogP contribution >= 0.6 is 15.8 Å². The number of hydrogen-bond donors (Lipinski definition) is 0. The molecule has 0 aromatic heterocycles. The van der Waals surface area contributed by atoms with Crippen LogP contribution in [-0.2, 0) is 39.7 Å². The molecule has 2 heterocycles. The Morgan fingerprint density at radius 1 is 0.357 bits per heavy atom. The molecule has 0 amide bonds. The SMILES string of the molecule is [C-]#[O+].[C-]#[O+].[C-]#[O+].[C-]#[O+].[W].c1ccc(C2=C(c3ccccc3)P2CCCP2C(c3ccccc3)=C2c2ccccc2)cc1. The van der Waals surface area contributed by atoms with Gasteiger partial charge in [-0.1, -0.05) is 121 Å². The minimum absolute atomic E-state index is 0. The molecule has 0 saturated heterocycles. The first kappa shape index (κ1) is 36.9. The zero-order valence-electron chi connectivity index (χ0n) is 22.6. The summed E-state index contributed by atoms with van der Waals surface area (Å²) in [6, 6.07) is 44.1. The molecule has 4 aromatic carbocycles. The molecule has 7 heteroatoms. The van der Waals surface area contributed by atoms with Gasteiger partial charge >= 0.3 is 45.2 Å². The Kier molecular flexibility index (Phi) is 18.2. The predicted molar refractivity (Wildman–Crippen MR) is 163 cm³/mol. The van der Waals surface area contributed by atoms with E-state index in [1.165, 1.54) is 41.0 Å². The topological polar surface area (TPSA) is 79.6 Å². The van der Waals surface area contributed by atoms with Gasteiger partial charge < -0.3 is 0 Å². The van der Waals surface area contributed by atoms with E-state index in [-0.39, 0.29) is 36.9 Å². The summed E-state index contributed by atoms with van der Waals surface area (Å²) in [6.45, 7) is 18.0. The molecule has 206 valence electrons. The summed E-state index contributed by atoms with van der Waals surface area (Å²) in [5.41, 5.74) is 5.70. The summed E-state index contributed by atoms with van der Waals surface area (Å²) in [7, 11) is -0.289. The first-order valence-electron chi connectivity index (χ1n) is 12.5. The Hall–Kier alpha value is -3.13. The van der Waals surface area contributed by atoms with E-state index in [2.05, 4.69) is 148 Å². The summed E-state index contributed by atoms with van der Waals surface area (Å²) >= 11 is 0. The molecular weight excluding hydrogens is 730 g/mol. The average Bonchev–Trinajstić information content (AvgIpc) is 4.00. The molecule has 6 rings (SSSR count). The van der Waals surface area contributed by atoms with Crippen LogP contribution in [0.15, 0.2) is 121 Å². The Balaban J connectivity index is 0.000000908. The average molecular weight is 756 g/mol. The van der Waals surface area contributed by atoms with Gasteiger partial charge in [-0.05, 0) is 78.1 Å². The molecule has 0 spiro atoms. The van der Waals surface area contributed by atoms with Gasteiger partial charge in [-0.25, -0.2) is 0 Å². The van der Waals surface area contributed by atoms with E-state index in [1.807, 2.05) is 0 Å². The van der Waals surface area contributed by atoms with Gasteiger partial charge in [0.1, 0.15) is 0 Å². The van der Waals surface area contributed by atoms with Gasteiger partial charge in [0.25, 0.3) is 0 Å². The Bertz CT molecular complexity index is 1280. The minimum atomic E-state index is -0.145. The van der Waals surface area contributed by atoms with Gasteiger partial charge in [-0.15, -0.1) is 0 Å². The van der Waals surface area contributed by atoms with E-state index in [0.29, 0.717) is 0 Å². The van der Waals surface area contributed by atoms with Crippen molar-refractivity contribution in [2.75, 3.05) is 12.3 Å². The van der Waals surface area contributed by atoms with Gasteiger partial charge in [0.15, 0.2) is 0 Å². The molecule has 0 bridgehead atoms. The van der Waals surface area contributed by atoms with Crippen molar-refractivity contribution in [3.63, 3.8) is 0 Å². The largest absolute Gasteiger partial charge is 0.0622 e. The second-order valence-electron chi connectivity index (χ2n) is 8.52. The smallest absolute Gasteiger partial charge is 0 e. The van der Waals surface area contributed by atoms with Crippen molar-refractivity contribution in [3.05, 3.63) is 170 Å². The molecule has 0 fully saturated rings. The fourth-order valence-electron chi connectivity index (χ4n) is 4.78. The molecule has 4 nitrogen and oxygen atoms in total. The van der Waals surface area contributed by atoms with E-state index in [1.54, 1.807) is 21.3 Å². The van der Waals surface area contributed by atoms with Crippen LogP contribution in [0.4, 0.5) is 0 Å². The van der Waals surface area contributed by atoms with Crippen molar-refractivity contribution in [1.29, 1.82) is 0 Å². The molecule has 0 atom stereocenters. The van der Waals surface area contributed by atoms with Gasteiger partial charge in [0.2, 0.25) is 0 Å². The molecule has 0 radical (unpaired) electrons. The van der Waals surface area contributed by atoms with Crippen molar-refractivity contribution >= 4 is 37.1 Å². The van der Waals surface area contributed by atoms with Gasteiger partial charge in [0, 0.05) is 21.1 Å². The fourth-order valence-corrected chi connectivity index (χ4v) is 10.5. The fraction of sp³-hybridized carbons (Fsp3) is 0.0857. The van der Waals surface area contributed by atoms with Gasteiger partial charge in [-0.3, -0.25) is 0 Å². The molecule has 4 aromatic rings. The Morgan fingerprint density at radius 3 is 0.738 bits per heavy atom. The number of benzene rings is 4. The van der Waals surface area contributed by atoms with Crippen LogP contribution < -0.4 is 0 Å². The molecule has 0 unspecified atom stereocenters. The maximum Gasteiger partial charge on any atom is 0 e. The maximum atomic E-state index is 7.50. The second kappa shape index (κ2) is 20.7. The van der Waals surface area contributed by atoms with Crippen LogP contribution in [0.25, 0.3) is 21.3 Å². The quantitative estimate of drug-likeness (QED) is 0.0977. The Labute approximate surface area is 264 Å². The summed E-state index contributed by atoms with van der Waals surface area (Å²) in [4.78, 5) is 0. The van der Waals surface area contributed by atoms with Crippen molar-refractivity contribution < 1.29 is 39.7 Å². The van der Waals surface area contributed by atoms with E-state index >= 15 is 0 Å². The molecule has 2 aliphatic heterocycles. The third-order valence-corrected chi connectivity index (χ3v) is 11.5. The van der Waals surface area contributed by atoms with E-state index in [0.717, 1.165) is 0 Å². The van der Waals surface area contributed by atoms with E-state index in [9.17, 15) is 0 Å². The van der Waals surface area contributed by atoms with Crippen LogP contribution in [0.5, 0.6) is 0 Å². The summed E-state index contributed by atoms with van der Waals surface area (Å²) in [5, 5.41) is 6.50. The van der Waals surface area contributed by atoms with Crippen molar-refractivity contribution in [2.45, 2.75) is 6.42 Å². The van der Waals surface area contributed by atoms with Gasteiger partial charge in [0.05, 0.1) is 0 Å². The maximum absolute atomic E-state index is 7.50. The number of hydrogen-bond acceptors (Lipinski definition) is 0. The Morgan fingerprint density at radius 2 is 0.548 bits per heavy atom. The predicted octanol–water partition coefficient (Wildman–Crippen LogP) is 9.27. The third kappa shape index (κ3) is 9.44. The zero-order chi connectivity index (χ0) is 30.0. The molecular formula is C35H26O4P2W. The zero-order valence-corrected chi connectivity index (χ0v) is 27.3. The number of rotatable bonds is 8. The van der Waals surface area contributed by atoms with Crippen molar-refractivity contribution in [2.24, 2.45) is 0 Å². The van der Waals surface area contributed by atoms with Crippen molar-refractivity contribution in [1.82, 2.24) is 0 Å². The van der Waals surface area contributed by atoms with Gasteiger partial charge in [-0.2, -0.15) is 0 Å². The normalized spacial score (nSPS) is 12.6. The third-order valence-electron chi connectivity index (χ3n) is 6.38. The molecule has 0 N–H and O–H groups in total. The first-order chi connectivity index (χ1) is 20.4. The summed E-state index contributed by atoms with van der Waals surface area (Å²) in [5.74, 6) is 0. The van der Waals surface area contributed by atoms with Crippen LogP contribution in [0, 0.1) is 26.6 Å². The molecule has 2 aliphatic rings. The molecule has 0 saturated carbocycles. The standard InChI is InChI=1S/C31H26P2.4CO.W/c1-5-14-24(15-6-1)28-29(25-16-7-2-8-17-25)32(28)22-13-23-33-30(26-18-9-3-10-19-26)31(33)27-20-11-4-12-21-27;4*1-2;/h1-12,14-21H,13,22-23H2;;;;;. The van der Waals surface area contributed by atoms with Crippen LogP contribution in [-0.4, -0.2) is 12.3 Å². The van der Waals surface area contributed by atoms with Crippen molar-refractivity contribution in [3.8, 4) is 0 Å². The molecule has 42 heavy (non-hydrogen) atoms. The summed E-state index contributed by atoms with van der Waals surface area (Å²) in [6.07, 6.45) is 3.93. The second-order valence-corrected chi connectivity index (χ2v) is 12.9. The first-order valence-corrected chi connectivity index (χ1v) is 15.5. The van der Waals surface area contributed by atoms with E-state index in [4.69, 9.17) is 18.6 Å². The van der Waals surface area contributed by atoms with Crippen LogP contribution in [0.3, 0.4) is 0 Å². The summed E-state index contributed by atoms with van der Waals surface area (Å²) < 4.78 is 30.0. The minimum Gasteiger partial charge on any atom is -0.0622 e. The molecule has 0 aliphatic carbocycles. The van der Waals surface area contributed by atoms with Crippen LogP contribution in [0.2, 0.25) is 0 Å². The van der Waals surface area contributed by atoms with E-state index < -0.39 is 0 Å². The monoisotopic (exact) mass is 756 g/mol.